The van der Waals surface area contributed by atoms with Gasteiger partial charge in [-0.1, -0.05) is 0 Å². The number of carbonyl (C=O) groups is 2. The zero-order chi connectivity index (χ0) is 11.1. The van der Waals surface area contributed by atoms with Crippen LogP contribution in [0.25, 0.3) is 0 Å². The van der Waals surface area contributed by atoms with Crippen LogP contribution >= 0.6 is 11.6 Å². The van der Waals surface area contributed by atoms with E-state index in [2.05, 4.69) is 0 Å². The third-order valence-electron chi connectivity index (χ3n) is 1.47. The van der Waals surface area contributed by atoms with Gasteiger partial charge >= 0.3 is 5.97 Å². The minimum Gasteiger partial charge on any atom is -0.480 e. The molecule has 1 unspecified atom stereocenters. The second-order valence-electron chi connectivity index (χ2n) is 2.68. The van der Waals surface area contributed by atoms with Crippen LogP contribution < -0.4 is 0 Å². The molecule has 0 aliphatic rings. The molecule has 0 radical (unpaired) electrons. The lowest BCUT2D eigenvalue weighted by atomic mass is 10.3. The Morgan fingerprint density at radius 1 is 1.64 bits per heavy atom. The number of amides is 1. The highest BCUT2D eigenvalue weighted by Gasteiger charge is 2.20. The number of nitriles is 1. The van der Waals surface area contributed by atoms with Gasteiger partial charge < -0.3 is 10.0 Å². The van der Waals surface area contributed by atoms with Crippen LogP contribution in [-0.4, -0.2) is 40.3 Å². The predicted molar refractivity (Wildman–Crippen MR) is 49.8 cm³/mol. The van der Waals surface area contributed by atoms with Crippen molar-refractivity contribution in [2.45, 2.75) is 18.7 Å². The number of hydrogen-bond acceptors (Lipinski definition) is 3. The van der Waals surface area contributed by atoms with Crippen LogP contribution in [0.1, 0.15) is 13.3 Å². The third-order valence-corrected chi connectivity index (χ3v) is 1.66. The molecule has 0 saturated heterocycles. The number of carbonyl (C=O) groups excluding carboxylic acids is 1. The maximum Gasteiger partial charge on any atom is 0.323 e. The normalized spacial score (nSPS) is 11.5. The van der Waals surface area contributed by atoms with Crippen molar-refractivity contribution in [3.05, 3.63) is 0 Å². The third kappa shape index (κ3) is 4.67. The molecule has 0 spiro atoms. The van der Waals surface area contributed by atoms with Crippen LogP contribution in [0.3, 0.4) is 0 Å². The second kappa shape index (κ2) is 6.22. The fraction of sp³-hybridized carbons (Fsp3) is 0.625. The van der Waals surface area contributed by atoms with Gasteiger partial charge in [0.1, 0.15) is 11.9 Å². The summed E-state index contributed by atoms with van der Waals surface area (Å²) in [5.41, 5.74) is 0. The van der Waals surface area contributed by atoms with Gasteiger partial charge in [0.2, 0.25) is 5.91 Å². The minimum absolute atomic E-state index is 0.0959. The van der Waals surface area contributed by atoms with E-state index in [0.717, 1.165) is 4.90 Å². The van der Waals surface area contributed by atoms with E-state index >= 15 is 0 Å². The summed E-state index contributed by atoms with van der Waals surface area (Å²) in [6.45, 7) is 1.14. The zero-order valence-corrected chi connectivity index (χ0v) is 8.49. The Balaban J connectivity index is 4.31. The van der Waals surface area contributed by atoms with Crippen molar-refractivity contribution in [1.82, 2.24) is 4.90 Å². The van der Waals surface area contributed by atoms with Crippen LogP contribution in [0, 0.1) is 11.3 Å². The SMILES string of the molecule is CC(Cl)C(=O)N(CCC#N)CC(=O)O. The van der Waals surface area contributed by atoms with Gasteiger partial charge in [-0.2, -0.15) is 5.26 Å². The largest absolute Gasteiger partial charge is 0.480 e. The number of rotatable bonds is 5. The van der Waals surface area contributed by atoms with Gasteiger partial charge in [-0.15, -0.1) is 11.6 Å². The topological polar surface area (TPSA) is 81.4 Å². The standard InChI is InChI=1S/C8H11ClN2O3/c1-6(9)8(14)11(4-2-3-10)5-7(12)13/h6H,2,4-5H2,1H3,(H,12,13). The van der Waals surface area contributed by atoms with Crippen molar-refractivity contribution in [3.8, 4) is 6.07 Å². The Labute approximate surface area is 86.9 Å². The maximum absolute atomic E-state index is 11.3. The summed E-state index contributed by atoms with van der Waals surface area (Å²) in [4.78, 5) is 22.7. The molecule has 0 fully saturated rings. The number of hydrogen-bond donors (Lipinski definition) is 1. The molecule has 1 N–H and O–H groups in total. The minimum atomic E-state index is -1.12. The number of nitrogens with zero attached hydrogens (tertiary/aromatic N) is 2. The van der Waals surface area contributed by atoms with Crippen molar-refractivity contribution < 1.29 is 14.7 Å². The van der Waals surface area contributed by atoms with Gasteiger partial charge in [-0.3, -0.25) is 9.59 Å². The van der Waals surface area contributed by atoms with Crippen molar-refractivity contribution in [2.75, 3.05) is 13.1 Å². The molecule has 14 heavy (non-hydrogen) atoms. The van der Waals surface area contributed by atoms with Crippen molar-refractivity contribution in [1.29, 1.82) is 5.26 Å². The lowest BCUT2D eigenvalue weighted by molar-refractivity contribution is -0.144. The van der Waals surface area contributed by atoms with E-state index in [9.17, 15) is 9.59 Å². The Hall–Kier alpha value is -1.28. The van der Waals surface area contributed by atoms with E-state index < -0.39 is 23.8 Å². The molecule has 0 heterocycles. The Morgan fingerprint density at radius 3 is 2.57 bits per heavy atom. The molecule has 0 aromatic rings. The summed E-state index contributed by atoms with van der Waals surface area (Å²) in [5.74, 6) is -1.59. The first-order valence-corrected chi connectivity index (χ1v) is 4.44. The first-order valence-electron chi connectivity index (χ1n) is 4.00. The molecule has 0 rings (SSSR count). The average Bonchev–Trinajstić information content (AvgIpc) is 2.10. The van der Waals surface area contributed by atoms with Crippen LogP contribution in [0.5, 0.6) is 0 Å². The highest BCUT2D eigenvalue weighted by Crippen LogP contribution is 2.02. The highest BCUT2D eigenvalue weighted by molar-refractivity contribution is 6.30. The molecule has 5 nitrogen and oxygen atoms in total. The fourth-order valence-electron chi connectivity index (χ4n) is 0.867. The molecule has 0 aliphatic carbocycles. The molecule has 78 valence electrons. The average molecular weight is 219 g/mol. The monoisotopic (exact) mass is 218 g/mol. The molecule has 1 atom stereocenters. The molecular formula is C8H11ClN2O3. The van der Waals surface area contributed by atoms with E-state index in [4.69, 9.17) is 22.0 Å². The predicted octanol–water partition coefficient (Wildman–Crippen LogP) is 0.441. The fourth-order valence-corrected chi connectivity index (χ4v) is 1.00. The molecule has 0 bridgehead atoms. The molecule has 0 aromatic heterocycles. The summed E-state index contributed by atoms with van der Waals surface area (Å²) in [6, 6.07) is 1.84. The quantitative estimate of drug-likeness (QED) is 0.679. The van der Waals surface area contributed by atoms with Crippen molar-refractivity contribution >= 4 is 23.5 Å². The summed E-state index contributed by atoms with van der Waals surface area (Å²) < 4.78 is 0. The van der Waals surface area contributed by atoms with Crippen LogP contribution in [0.4, 0.5) is 0 Å². The van der Waals surface area contributed by atoms with Crippen molar-refractivity contribution in [3.63, 3.8) is 0 Å². The molecule has 1 amide bonds. The number of carboxylic acid groups (broad SMARTS) is 1. The lowest BCUT2D eigenvalue weighted by Crippen LogP contribution is -2.39. The molecule has 0 aromatic carbocycles. The van der Waals surface area contributed by atoms with E-state index in [1.807, 2.05) is 6.07 Å². The number of alkyl halides is 1. The lowest BCUT2D eigenvalue weighted by Gasteiger charge is -2.20. The van der Waals surface area contributed by atoms with Gasteiger partial charge in [0.05, 0.1) is 12.5 Å². The smallest absolute Gasteiger partial charge is 0.323 e. The summed E-state index contributed by atoms with van der Waals surface area (Å²) in [5, 5.41) is 16.0. The first-order chi connectivity index (χ1) is 6.49. The number of halogens is 1. The first kappa shape index (κ1) is 12.7. The summed E-state index contributed by atoms with van der Waals surface area (Å²) in [7, 11) is 0. The molecule has 0 saturated carbocycles. The number of aliphatic carboxylic acids is 1. The van der Waals surface area contributed by atoms with Gasteiger partial charge in [-0.25, -0.2) is 0 Å². The second-order valence-corrected chi connectivity index (χ2v) is 3.33. The summed E-state index contributed by atoms with van der Waals surface area (Å²) >= 11 is 5.52. The maximum atomic E-state index is 11.3. The number of carboxylic acids is 1. The Morgan fingerprint density at radius 2 is 2.21 bits per heavy atom. The van der Waals surface area contributed by atoms with Crippen LogP contribution in [0.15, 0.2) is 0 Å². The Bertz CT molecular complexity index is 260. The van der Waals surface area contributed by atoms with Gasteiger partial charge in [0, 0.05) is 6.54 Å². The highest BCUT2D eigenvalue weighted by atomic mass is 35.5. The zero-order valence-electron chi connectivity index (χ0n) is 7.73. The summed E-state index contributed by atoms with van der Waals surface area (Å²) in [6.07, 6.45) is 0.0998. The van der Waals surface area contributed by atoms with Crippen molar-refractivity contribution in [2.24, 2.45) is 0 Å². The van der Waals surface area contributed by atoms with Crippen LogP contribution in [-0.2, 0) is 9.59 Å². The van der Waals surface area contributed by atoms with E-state index in [0.29, 0.717) is 0 Å². The van der Waals surface area contributed by atoms with Crippen LogP contribution in [0.2, 0.25) is 0 Å². The van der Waals surface area contributed by atoms with E-state index in [-0.39, 0.29) is 13.0 Å². The molecule has 0 aliphatic heterocycles. The van der Waals surface area contributed by atoms with E-state index in [1.165, 1.54) is 6.92 Å². The Kier molecular flexibility index (Phi) is 5.65. The van der Waals surface area contributed by atoms with Gasteiger partial charge in [-0.05, 0) is 6.92 Å². The van der Waals surface area contributed by atoms with E-state index in [1.54, 1.807) is 0 Å². The molecular weight excluding hydrogens is 208 g/mol. The van der Waals surface area contributed by atoms with Gasteiger partial charge in [0.15, 0.2) is 0 Å². The van der Waals surface area contributed by atoms with Gasteiger partial charge in [0.25, 0.3) is 0 Å². The molecule has 6 heteroatoms.